The highest BCUT2D eigenvalue weighted by Gasteiger charge is 2.34. The van der Waals surface area contributed by atoms with E-state index in [2.05, 4.69) is 5.10 Å². The van der Waals surface area contributed by atoms with Gasteiger partial charge in [-0.25, -0.2) is 12.8 Å². The van der Waals surface area contributed by atoms with Crippen molar-refractivity contribution in [2.24, 2.45) is 0 Å². The summed E-state index contributed by atoms with van der Waals surface area (Å²) in [5.74, 6) is -0.775. The zero-order valence-electron chi connectivity index (χ0n) is 14.4. The molecule has 1 saturated heterocycles. The van der Waals surface area contributed by atoms with E-state index in [-0.39, 0.29) is 18.2 Å². The van der Waals surface area contributed by atoms with Gasteiger partial charge in [0.15, 0.2) is 0 Å². The molecule has 1 aromatic heterocycles. The van der Waals surface area contributed by atoms with Crippen LogP contribution in [0.2, 0.25) is 0 Å². The second-order valence-electron chi connectivity index (χ2n) is 7.08. The summed E-state index contributed by atoms with van der Waals surface area (Å²) >= 11 is 0. The fourth-order valence-corrected chi connectivity index (χ4v) is 5.72. The van der Waals surface area contributed by atoms with Gasteiger partial charge in [0.05, 0.1) is 11.9 Å². The first-order valence-electron chi connectivity index (χ1n) is 8.99. The molecule has 0 aliphatic carbocycles. The Morgan fingerprint density at radius 2 is 2.00 bits per heavy atom. The van der Waals surface area contributed by atoms with Crippen molar-refractivity contribution in [2.45, 2.75) is 49.5 Å². The zero-order valence-corrected chi connectivity index (χ0v) is 15.3. The van der Waals surface area contributed by atoms with Gasteiger partial charge in [0.25, 0.3) is 0 Å². The molecule has 2 aromatic rings. The van der Waals surface area contributed by atoms with E-state index in [1.807, 2.05) is 0 Å². The number of aromatic hydroxyl groups is 1. The minimum absolute atomic E-state index is 0.133. The fourth-order valence-electron chi connectivity index (χ4n) is 4.01. The molecule has 4 rings (SSSR count). The highest BCUT2D eigenvalue weighted by atomic mass is 32.2. The summed E-state index contributed by atoms with van der Waals surface area (Å²) in [5.41, 5.74) is 1.43. The smallest absolute Gasteiger partial charge is 0.246 e. The third-order valence-electron chi connectivity index (χ3n) is 5.32. The topological polar surface area (TPSA) is 75.4 Å². The van der Waals surface area contributed by atoms with Crippen LogP contribution in [0.3, 0.4) is 0 Å². The Hall–Kier alpha value is -1.93. The summed E-state index contributed by atoms with van der Waals surface area (Å²) in [6.45, 7) is 1.50. The van der Waals surface area contributed by atoms with Crippen LogP contribution >= 0.6 is 0 Å². The van der Waals surface area contributed by atoms with Crippen molar-refractivity contribution < 1.29 is 17.9 Å². The van der Waals surface area contributed by atoms with Crippen molar-refractivity contribution in [3.63, 3.8) is 0 Å². The lowest BCUT2D eigenvalue weighted by Crippen LogP contribution is -2.39. The van der Waals surface area contributed by atoms with Crippen molar-refractivity contribution in [1.29, 1.82) is 0 Å². The average Bonchev–Trinajstić information content (AvgIpc) is 3.06. The summed E-state index contributed by atoms with van der Waals surface area (Å²) < 4.78 is 43.3. The Morgan fingerprint density at radius 3 is 2.81 bits per heavy atom. The number of phenolic OH excluding ortho intramolecular Hbond substituents is 1. The molecule has 1 unspecified atom stereocenters. The molecule has 6 nitrogen and oxygen atoms in total. The number of fused-ring (bicyclic) bond motifs is 1. The van der Waals surface area contributed by atoms with E-state index in [4.69, 9.17) is 0 Å². The van der Waals surface area contributed by atoms with E-state index in [9.17, 15) is 17.9 Å². The van der Waals surface area contributed by atoms with Gasteiger partial charge in [-0.05, 0) is 55.7 Å². The molecule has 3 heterocycles. The lowest BCUT2D eigenvalue weighted by molar-refractivity contribution is 0.314. The summed E-state index contributed by atoms with van der Waals surface area (Å²) in [6.07, 6.45) is 5.64. The number of nitrogens with zero attached hydrogens (tertiary/aromatic N) is 3. The van der Waals surface area contributed by atoms with Gasteiger partial charge in [-0.1, -0.05) is 0 Å². The van der Waals surface area contributed by atoms with Crippen LogP contribution in [-0.4, -0.2) is 40.7 Å². The van der Waals surface area contributed by atoms with E-state index < -0.39 is 15.8 Å². The van der Waals surface area contributed by atoms with Crippen LogP contribution in [0.25, 0.3) is 0 Å². The van der Waals surface area contributed by atoms with E-state index in [0.29, 0.717) is 23.4 Å². The fraction of sp³-hybridized carbons (Fsp3) is 0.500. The lowest BCUT2D eigenvalue weighted by atomic mass is 9.91. The summed E-state index contributed by atoms with van der Waals surface area (Å²) in [5, 5.41) is 13.9. The lowest BCUT2D eigenvalue weighted by Gasteiger charge is -2.32. The maximum Gasteiger partial charge on any atom is 0.246 e. The van der Waals surface area contributed by atoms with E-state index in [1.165, 1.54) is 22.6 Å². The number of sulfonamides is 1. The standard InChI is InChI=1S/C18H22FN3O3S/c19-15-8-14(9-16(23)10-15)13-4-3-6-21(12-13)26(24,25)18-11-20-22-7-2-1-5-17(18)22/h8-11,13,23H,1-7,12H2. The predicted octanol–water partition coefficient (Wildman–Crippen LogP) is 2.63. The van der Waals surface area contributed by atoms with Gasteiger partial charge in [0, 0.05) is 25.7 Å². The van der Waals surface area contributed by atoms with Crippen molar-refractivity contribution in [1.82, 2.24) is 14.1 Å². The molecule has 0 saturated carbocycles. The predicted molar refractivity (Wildman–Crippen MR) is 94.0 cm³/mol. The van der Waals surface area contributed by atoms with Gasteiger partial charge in [0.1, 0.15) is 16.5 Å². The molecule has 0 spiro atoms. The van der Waals surface area contributed by atoms with Crippen LogP contribution in [0.5, 0.6) is 5.75 Å². The molecule has 0 radical (unpaired) electrons. The molecule has 26 heavy (non-hydrogen) atoms. The molecular weight excluding hydrogens is 357 g/mol. The van der Waals surface area contributed by atoms with Crippen LogP contribution < -0.4 is 0 Å². The third kappa shape index (κ3) is 3.12. The van der Waals surface area contributed by atoms with Crippen LogP contribution in [0.15, 0.2) is 29.3 Å². The van der Waals surface area contributed by atoms with Gasteiger partial charge in [0.2, 0.25) is 10.0 Å². The van der Waals surface area contributed by atoms with Crippen molar-refractivity contribution >= 4 is 10.0 Å². The molecule has 2 aliphatic heterocycles. The van der Waals surface area contributed by atoms with Gasteiger partial charge < -0.3 is 5.11 Å². The van der Waals surface area contributed by atoms with E-state index in [1.54, 1.807) is 4.68 Å². The molecule has 2 aliphatic rings. The minimum atomic E-state index is -3.63. The maximum atomic E-state index is 13.6. The third-order valence-corrected chi connectivity index (χ3v) is 7.23. The minimum Gasteiger partial charge on any atom is -0.508 e. The molecule has 1 N–H and O–H groups in total. The number of piperidine rings is 1. The highest BCUT2D eigenvalue weighted by Crippen LogP contribution is 2.33. The number of benzene rings is 1. The zero-order chi connectivity index (χ0) is 18.3. The normalized spacial score (nSPS) is 21.5. The van der Waals surface area contributed by atoms with E-state index in [0.717, 1.165) is 44.0 Å². The van der Waals surface area contributed by atoms with Crippen LogP contribution in [-0.2, 0) is 23.0 Å². The molecular formula is C18H22FN3O3S. The van der Waals surface area contributed by atoms with Gasteiger partial charge in [-0.15, -0.1) is 0 Å². The Balaban J connectivity index is 1.62. The Labute approximate surface area is 152 Å². The largest absolute Gasteiger partial charge is 0.508 e. The molecule has 8 heteroatoms. The first-order valence-corrected chi connectivity index (χ1v) is 10.4. The number of rotatable bonds is 3. The molecule has 140 valence electrons. The summed E-state index contributed by atoms with van der Waals surface area (Å²) in [4.78, 5) is 0.305. The van der Waals surface area contributed by atoms with Crippen LogP contribution in [0, 0.1) is 5.82 Å². The van der Waals surface area contributed by atoms with Crippen molar-refractivity contribution in [2.75, 3.05) is 13.1 Å². The maximum absolute atomic E-state index is 13.6. The van der Waals surface area contributed by atoms with Crippen LogP contribution in [0.1, 0.15) is 42.9 Å². The SMILES string of the molecule is O=S(=O)(c1cnn2c1CCCC2)N1CCCC(c2cc(O)cc(F)c2)C1. The van der Waals surface area contributed by atoms with E-state index >= 15 is 0 Å². The second kappa shape index (κ2) is 6.66. The number of hydrogen-bond acceptors (Lipinski definition) is 4. The second-order valence-corrected chi connectivity index (χ2v) is 8.99. The van der Waals surface area contributed by atoms with Crippen molar-refractivity contribution in [3.8, 4) is 5.75 Å². The summed E-state index contributed by atoms with van der Waals surface area (Å²) in [6, 6.07) is 3.95. The molecule has 1 atom stereocenters. The van der Waals surface area contributed by atoms with Crippen LogP contribution in [0.4, 0.5) is 4.39 Å². The number of halogens is 1. The Kier molecular flexibility index (Phi) is 4.48. The average molecular weight is 379 g/mol. The Bertz CT molecular complexity index is 906. The van der Waals surface area contributed by atoms with Gasteiger partial charge >= 0.3 is 0 Å². The number of aryl methyl sites for hydroxylation is 1. The summed E-state index contributed by atoms with van der Waals surface area (Å²) in [7, 11) is -3.63. The number of phenols is 1. The first-order chi connectivity index (χ1) is 12.4. The number of hydrogen-bond donors (Lipinski definition) is 1. The molecule has 0 bridgehead atoms. The quantitative estimate of drug-likeness (QED) is 0.890. The molecule has 0 amide bonds. The molecule has 1 aromatic carbocycles. The van der Waals surface area contributed by atoms with Crippen molar-refractivity contribution in [3.05, 3.63) is 41.5 Å². The van der Waals surface area contributed by atoms with Gasteiger partial charge in [-0.2, -0.15) is 9.40 Å². The highest BCUT2D eigenvalue weighted by molar-refractivity contribution is 7.89. The number of aromatic nitrogens is 2. The monoisotopic (exact) mass is 379 g/mol. The Morgan fingerprint density at radius 1 is 1.15 bits per heavy atom. The first kappa shape index (κ1) is 17.5. The van der Waals surface area contributed by atoms with Gasteiger partial charge in [-0.3, -0.25) is 4.68 Å². The molecule has 1 fully saturated rings.